The number of β-amino-alcohol motifs (C(OH)–C–C–N with tert-alkyl or cyclic N) is 1. The predicted octanol–water partition coefficient (Wildman–Crippen LogP) is 2.77. The van der Waals surface area contributed by atoms with Gasteiger partial charge in [0.05, 0.1) is 6.10 Å². The highest BCUT2D eigenvalue weighted by Gasteiger charge is 2.28. The molecule has 1 N–H and O–H groups in total. The molecular weight excluding hydrogens is 285 g/mol. The third kappa shape index (κ3) is 3.62. The molecule has 2 rings (SSSR count). The maximum Gasteiger partial charge on any atom is 0.225 e. The molecule has 5 heteroatoms. The minimum absolute atomic E-state index is 0.0718. The van der Waals surface area contributed by atoms with Crippen molar-refractivity contribution >= 4 is 29.1 Å². The number of rotatable bonds is 3. The number of hydrogen-bond donors (Lipinski definition) is 1. The van der Waals surface area contributed by atoms with Crippen LogP contribution in [0, 0.1) is 5.92 Å². The van der Waals surface area contributed by atoms with E-state index in [1.165, 1.54) is 0 Å². The number of nitrogens with zero attached hydrogens (tertiary/aromatic N) is 1. The molecule has 2 atom stereocenters. The number of aliphatic hydroxyl groups is 1. The average molecular weight is 302 g/mol. The Bertz CT molecular complexity index is 479. The molecule has 0 aliphatic carbocycles. The molecule has 0 bridgehead atoms. The van der Waals surface area contributed by atoms with E-state index in [9.17, 15) is 9.90 Å². The van der Waals surface area contributed by atoms with Crippen molar-refractivity contribution in [3.8, 4) is 0 Å². The normalized spacial score (nSPS) is 20.6. The summed E-state index contributed by atoms with van der Waals surface area (Å²) in [4.78, 5) is 13.9. The second kappa shape index (κ2) is 6.12. The van der Waals surface area contributed by atoms with Crippen LogP contribution in [-0.2, 0) is 11.2 Å². The van der Waals surface area contributed by atoms with Crippen LogP contribution in [0.2, 0.25) is 10.0 Å². The van der Waals surface area contributed by atoms with E-state index in [-0.39, 0.29) is 17.9 Å². The van der Waals surface area contributed by atoms with E-state index in [0.29, 0.717) is 36.0 Å². The Balaban J connectivity index is 2.00. The first-order valence-corrected chi connectivity index (χ1v) is 7.13. The summed E-state index contributed by atoms with van der Waals surface area (Å²) in [5.74, 6) is -0.0773. The van der Waals surface area contributed by atoms with E-state index in [1.807, 2.05) is 13.0 Å². The minimum Gasteiger partial charge on any atom is -0.391 e. The Kier molecular flexibility index (Phi) is 4.71. The van der Waals surface area contributed by atoms with Crippen molar-refractivity contribution in [2.75, 3.05) is 13.1 Å². The fourth-order valence-electron chi connectivity index (χ4n) is 2.36. The van der Waals surface area contributed by atoms with Gasteiger partial charge in [-0.3, -0.25) is 4.79 Å². The Morgan fingerprint density at radius 2 is 2.26 bits per heavy atom. The number of halogens is 2. The first-order valence-electron chi connectivity index (χ1n) is 6.38. The largest absolute Gasteiger partial charge is 0.391 e. The van der Waals surface area contributed by atoms with Gasteiger partial charge in [-0.25, -0.2) is 0 Å². The molecule has 1 aromatic rings. The summed E-state index contributed by atoms with van der Waals surface area (Å²) in [6.07, 6.45) is 0.872. The van der Waals surface area contributed by atoms with Crippen LogP contribution in [0.4, 0.5) is 0 Å². The molecular formula is C14H17Cl2NO2. The van der Waals surface area contributed by atoms with Crippen molar-refractivity contribution in [3.63, 3.8) is 0 Å². The standard InChI is InChI=1S/C14H17Cl2NO2/c1-9(14(19)17-5-4-12(18)8-17)6-10-2-3-11(15)7-13(10)16/h2-3,7,9,12,18H,4-6,8H2,1H3/t9?,12-/m1/s1. The predicted molar refractivity (Wildman–Crippen MR) is 76.5 cm³/mol. The smallest absolute Gasteiger partial charge is 0.225 e. The van der Waals surface area contributed by atoms with E-state index < -0.39 is 0 Å². The van der Waals surface area contributed by atoms with Gasteiger partial charge < -0.3 is 10.0 Å². The lowest BCUT2D eigenvalue weighted by Gasteiger charge is -2.20. The summed E-state index contributed by atoms with van der Waals surface area (Å²) in [6.45, 7) is 2.97. The molecule has 1 amide bonds. The summed E-state index contributed by atoms with van der Waals surface area (Å²) in [7, 11) is 0. The maximum absolute atomic E-state index is 12.2. The zero-order chi connectivity index (χ0) is 14.0. The Hall–Kier alpha value is -0.770. The highest BCUT2D eigenvalue weighted by molar-refractivity contribution is 6.35. The third-order valence-electron chi connectivity index (χ3n) is 3.44. The van der Waals surface area contributed by atoms with Gasteiger partial charge in [0.15, 0.2) is 0 Å². The van der Waals surface area contributed by atoms with Crippen LogP contribution in [0.15, 0.2) is 18.2 Å². The lowest BCUT2D eigenvalue weighted by molar-refractivity contribution is -0.134. The molecule has 1 aliphatic rings. The fourth-order valence-corrected chi connectivity index (χ4v) is 2.84. The van der Waals surface area contributed by atoms with Gasteiger partial charge in [-0.05, 0) is 30.5 Å². The number of amides is 1. The van der Waals surface area contributed by atoms with Crippen molar-refractivity contribution in [2.24, 2.45) is 5.92 Å². The van der Waals surface area contributed by atoms with Crippen LogP contribution in [0.5, 0.6) is 0 Å². The van der Waals surface area contributed by atoms with Gasteiger partial charge in [0.1, 0.15) is 0 Å². The highest BCUT2D eigenvalue weighted by atomic mass is 35.5. The molecule has 3 nitrogen and oxygen atoms in total. The van der Waals surface area contributed by atoms with Crippen LogP contribution >= 0.6 is 23.2 Å². The van der Waals surface area contributed by atoms with Crippen LogP contribution in [0.3, 0.4) is 0 Å². The topological polar surface area (TPSA) is 40.5 Å². The highest BCUT2D eigenvalue weighted by Crippen LogP contribution is 2.24. The molecule has 1 unspecified atom stereocenters. The average Bonchev–Trinajstić information content (AvgIpc) is 2.78. The van der Waals surface area contributed by atoms with Gasteiger partial charge in [0, 0.05) is 29.1 Å². The first kappa shape index (κ1) is 14.6. The first-order chi connectivity index (χ1) is 8.97. The van der Waals surface area contributed by atoms with Gasteiger partial charge in [0.2, 0.25) is 5.91 Å². The monoisotopic (exact) mass is 301 g/mol. The van der Waals surface area contributed by atoms with Crippen LogP contribution in [0.1, 0.15) is 18.9 Å². The number of carbonyl (C=O) groups is 1. The SMILES string of the molecule is CC(Cc1ccc(Cl)cc1Cl)C(=O)N1CC[C@@H](O)C1. The summed E-state index contributed by atoms with van der Waals surface area (Å²) < 4.78 is 0. The number of aliphatic hydroxyl groups excluding tert-OH is 1. The number of likely N-dealkylation sites (tertiary alicyclic amines) is 1. The minimum atomic E-state index is -0.379. The van der Waals surface area contributed by atoms with Gasteiger partial charge in [0.25, 0.3) is 0 Å². The summed E-state index contributed by atoms with van der Waals surface area (Å²) in [6, 6.07) is 5.32. The van der Waals surface area contributed by atoms with Crippen molar-refractivity contribution in [1.82, 2.24) is 4.90 Å². The van der Waals surface area contributed by atoms with Gasteiger partial charge in [-0.15, -0.1) is 0 Å². The number of carbonyl (C=O) groups excluding carboxylic acids is 1. The van der Waals surface area contributed by atoms with Crippen LogP contribution in [-0.4, -0.2) is 35.1 Å². The molecule has 0 aromatic heterocycles. The molecule has 1 fully saturated rings. The molecule has 1 saturated heterocycles. The van der Waals surface area contributed by atoms with E-state index in [0.717, 1.165) is 5.56 Å². The van der Waals surface area contributed by atoms with Crippen molar-refractivity contribution < 1.29 is 9.90 Å². The van der Waals surface area contributed by atoms with Crippen LogP contribution < -0.4 is 0 Å². The van der Waals surface area contributed by atoms with Gasteiger partial charge in [-0.2, -0.15) is 0 Å². The van der Waals surface area contributed by atoms with Gasteiger partial charge >= 0.3 is 0 Å². The summed E-state index contributed by atoms with van der Waals surface area (Å²) in [5, 5.41) is 10.6. The molecule has 19 heavy (non-hydrogen) atoms. The van der Waals surface area contributed by atoms with E-state index in [1.54, 1.807) is 17.0 Å². The Morgan fingerprint density at radius 3 is 2.84 bits per heavy atom. The summed E-state index contributed by atoms with van der Waals surface area (Å²) in [5.41, 5.74) is 0.923. The second-order valence-corrected chi connectivity index (χ2v) is 5.91. The summed E-state index contributed by atoms with van der Waals surface area (Å²) >= 11 is 12.0. The zero-order valence-electron chi connectivity index (χ0n) is 10.8. The van der Waals surface area contributed by atoms with Crippen LogP contribution in [0.25, 0.3) is 0 Å². The number of benzene rings is 1. The van der Waals surface area contributed by atoms with E-state index in [2.05, 4.69) is 0 Å². The van der Waals surface area contributed by atoms with E-state index in [4.69, 9.17) is 23.2 Å². The number of hydrogen-bond acceptors (Lipinski definition) is 2. The second-order valence-electron chi connectivity index (χ2n) is 5.07. The third-order valence-corrected chi connectivity index (χ3v) is 4.02. The van der Waals surface area contributed by atoms with Crippen molar-refractivity contribution in [2.45, 2.75) is 25.9 Å². The Labute approximate surface area is 123 Å². The maximum atomic E-state index is 12.2. The molecule has 1 heterocycles. The van der Waals surface area contributed by atoms with Gasteiger partial charge in [-0.1, -0.05) is 36.2 Å². The quantitative estimate of drug-likeness (QED) is 0.932. The molecule has 1 aliphatic heterocycles. The Morgan fingerprint density at radius 1 is 1.53 bits per heavy atom. The van der Waals surface area contributed by atoms with Crippen molar-refractivity contribution in [3.05, 3.63) is 33.8 Å². The molecule has 0 radical (unpaired) electrons. The lowest BCUT2D eigenvalue weighted by atomic mass is 10.00. The zero-order valence-corrected chi connectivity index (χ0v) is 12.3. The molecule has 1 aromatic carbocycles. The molecule has 0 saturated carbocycles. The fraction of sp³-hybridized carbons (Fsp3) is 0.500. The van der Waals surface area contributed by atoms with Crippen molar-refractivity contribution in [1.29, 1.82) is 0 Å². The molecule has 0 spiro atoms. The lowest BCUT2D eigenvalue weighted by Crippen LogP contribution is -2.34. The molecule has 104 valence electrons. The van der Waals surface area contributed by atoms with E-state index >= 15 is 0 Å².